The molecule has 0 unspecified atom stereocenters. The van der Waals surface area contributed by atoms with Crippen molar-refractivity contribution in [3.05, 3.63) is 47.8 Å². The maximum atomic E-state index is 12.4. The third-order valence-electron chi connectivity index (χ3n) is 6.01. The lowest BCUT2D eigenvalue weighted by Gasteiger charge is -2.30. The van der Waals surface area contributed by atoms with Gasteiger partial charge < -0.3 is 10.2 Å². The van der Waals surface area contributed by atoms with E-state index < -0.39 is 0 Å². The summed E-state index contributed by atoms with van der Waals surface area (Å²) in [6.07, 6.45) is 3.44. The molecule has 3 atom stereocenters. The zero-order valence-corrected chi connectivity index (χ0v) is 16.6. The Morgan fingerprint density at radius 3 is 2.68 bits per heavy atom. The average molecular weight is 381 g/mol. The van der Waals surface area contributed by atoms with Gasteiger partial charge >= 0.3 is 0 Å². The average Bonchev–Trinajstić information content (AvgIpc) is 3.30. The Kier molecular flexibility index (Phi) is 4.93. The predicted octanol–water partition coefficient (Wildman–Crippen LogP) is 1.82. The number of nitrogens with zero attached hydrogens (tertiary/aromatic N) is 4. The molecular weight excluding hydrogens is 354 g/mol. The number of anilines is 1. The molecule has 4 rings (SSSR count). The third-order valence-corrected chi connectivity index (χ3v) is 6.01. The molecule has 2 aliphatic rings. The highest BCUT2D eigenvalue weighted by atomic mass is 16.2. The van der Waals surface area contributed by atoms with Crippen molar-refractivity contribution in [2.75, 3.05) is 31.5 Å². The second-order valence-corrected chi connectivity index (χ2v) is 8.04. The molecule has 7 heteroatoms. The lowest BCUT2D eigenvalue weighted by atomic mass is 9.87. The van der Waals surface area contributed by atoms with Gasteiger partial charge in [0.2, 0.25) is 11.8 Å². The van der Waals surface area contributed by atoms with Crippen molar-refractivity contribution in [3.63, 3.8) is 0 Å². The molecule has 2 aromatic rings. The molecule has 7 nitrogen and oxygen atoms in total. The Labute approximate surface area is 165 Å². The van der Waals surface area contributed by atoms with Crippen molar-refractivity contribution < 1.29 is 9.59 Å². The van der Waals surface area contributed by atoms with Gasteiger partial charge in [0.05, 0.1) is 24.5 Å². The number of rotatable bonds is 4. The van der Waals surface area contributed by atoms with Gasteiger partial charge in [0.1, 0.15) is 0 Å². The summed E-state index contributed by atoms with van der Waals surface area (Å²) in [6.45, 7) is 6.56. The molecule has 148 valence electrons. The first-order chi connectivity index (χ1) is 13.4. The van der Waals surface area contributed by atoms with Crippen molar-refractivity contribution in [2.45, 2.75) is 19.9 Å². The van der Waals surface area contributed by atoms with Gasteiger partial charge in [-0.1, -0.05) is 24.3 Å². The van der Waals surface area contributed by atoms with Crippen LogP contribution in [0.4, 0.5) is 5.69 Å². The van der Waals surface area contributed by atoms with Crippen LogP contribution >= 0.6 is 0 Å². The van der Waals surface area contributed by atoms with Crippen molar-refractivity contribution in [1.82, 2.24) is 19.6 Å². The number of fused-ring (bicyclic) bond motifs is 1. The van der Waals surface area contributed by atoms with E-state index in [1.807, 2.05) is 24.1 Å². The Hall–Kier alpha value is -2.67. The minimum atomic E-state index is -0.0242. The maximum Gasteiger partial charge on any atom is 0.238 e. The molecular formula is C21H27N5O2. The predicted molar refractivity (Wildman–Crippen MR) is 107 cm³/mol. The molecule has 0 radical (unpaired) electrons. The van der Waals surface area contributed by atoms with Crippen molar-refractivity contribution in [1.29, 1.82) is 0 Å². The SMILES string of the molecule is CC(=O)N1C[C@H]2CN(CC(=O)Nc3cnn(C)c3)C[C@H]2[C@@H]1c1ccccc1C. The molecule has 1 N–H and O–H groups in total. The molecule has 28 heavy (non-hydrogen) atoms. The molecule has 2 amide bonds. The number of benzene rings is 1. The molecule has 1 aromatic carbocycles. The number of hydrogen-bond acceptors (Lipinski definition) is 4. The minimum absolute atomic E-state index is 0.0242. The van der Waals surface area contributed by atoms with E-state index in [0.29, 0.717) is 24.1 Å². The van der Waals surface area contributed by atoms with Crippen molar-refractivity contribution in [3.8, 4) is 0 Å². The summed E-state index contributed by atoms with van der Waals surface area (Å²) in [5, 5.41) is 6.98. The van der Waals surface area contributed by atoms with E-state index in [-0.39, 0.29) is 17.9 Å². The quantitative estimate of drug-likeness (QED) is 0.877. The van der Waals surface area contributed by atoms with Crippen molar-refractivity contribution in [2.24, 2.45) is 18.9 Å². The number of amides is 2. The number of likely N-dealkylation sites (tertiary alicyclic amines) is 2. The molecule has 0 spiro atoms. The van der Waals surface area contributed by atoms with Gasteiger partial charge in [-0.15, -0.1) is 0 Å². The van der Waals surface area contributed by atoms with Gasteiger partial charge in [-0.25, -0.2) is 0 Å². The Balaban J connectivity index is 1.46. The van der Waals surface area contributed by atoms with E-state index in [1.54, 1.807) is 24.0 Å². The fourth-order valence-corrected chi connectivity index (χ4v) is 4.80. The topological polar surface area (TPSA) is 70.5 Å². The van der Waals surface area contributed by atoms with Crippen LogP contribution in [-0.4, -0.2) is 57.6 Å². The highest BCUT2D eigenvalue weighted by molar-refractivity contribution is 5.92. The molecule has 2 aliphatic heterocycles. The van der Waals surface area contributed by atoms with Crippen LogP contribution in [0.1, 0.15) is 24.1 Å². The zero-order valence-electron chi connectivity index (χ0n) is 16.6. The Morgan fingerprint density at radius 2 is 2.00 bits per heavy atom. The summed E-state index contributed by atoms with van der Waals surface area (Å²) < 4.78 is 1.67. The van der Waals surface area contributed by atoms with Gasteiger partial charge in [0.15, 0.2) is 0 Å². The number of carbonyl (C=O) groups is 2. The van der Waals surface area contributed by atoms with Gasteiger partial charge in [-0.2, -0.15) is 5.10 Å². The third kappa shape index (κ3) is 3.54. The lowest BCUT2D eigenvalue weighted by Crippen LogP contribution is -2.37. The number of aromatic nitrogens is 2. The molecule has 0 saturated carbocycles. The van der Waals surface area contributed by atoms with Crippen LogP contribution in [0.25, 0.3) is 0 Å². The molecule has 1 aromatic heterocycles. The van der Waals surface area contributed by atoms with E-state index in [2.05, 4.69) is 34.4 Å². The molecule has 0 aliphatic carbocycles. The smallest absolute Gasteiger partial charge is 0.238 e. The molecule has 2 saturated heterocycles. The van der Waals surface area contributed by atoms with Gasteiger partial charge in [0, 0.05) is 45.7 Å². The fraction of sp³-hybridized carbons (Fsp3) is 0.476. The van der Waals surface area contributed by atoms with Crippen LogP contribution in [0.2, 0.25) is 0 Å². The zero-order chi connectivity index (χ0) is 19.8. The van der Waals surface area contributed by atoms with Gasteiger partial charge in [0.25, 0.3) is 0 Å². The number of nitrogens with one attached hydrogen (secondary N) is 1. The molecule has 3 heterocycles. The standard InChI is InChI=1S/C21H27N5O2/c1-14-6-4-5-7-18(14)21-19-12-25(9-16(19)10-26(21)15(2)27)13-20(28)23-17-8-22-24(3)11-17/h4-8,11,16,19,21H,9-10,12-13H2,1-3H3,(H,23,28)/t16-,19-,21+/m1/s1. The van der Waals surface area contributed by atoms with E-state index >= 15 is 0 Å². The number of aryl methyl sites for hydroxylation is 2. The lowest BCUT2D eigenvalue weighted by molar-refractivity contribution is -0.130. The summed E-state index contributed by atoms with van der Waals surface area (Å²) in [6, 6.07) is 8.41. The molecule has 2 fully saturated rings. The summed E-state index contributed by atoms with van der Waals surface area (Å²) >= 11 is 0. The van der Waals surface area contributed by atoms with Gasteiger partial charge in [-0.3, -0.25) is 19.2 Å². The highest BCUT2D eigenvalue weighted by Gasteiger charge is 2.48. The van der Waals surface area contributed by atoms with Crippen LogP contribution in [0.3, 0.4) is 0 Å². The van der Waals surface area contributed by atoms with Crippen LogP contribution in [0, 0.1) is 18.8 Å². The number of carbonyl (C=O) groups excluding carboxylic acids is 2. The van der Waals surface area contributed by atoms with Crippen molar-refractivity contribution >= 4 is 17.5 Å². The first-order valence-corrected chi connectivity index (χ1v) is 9.76. The first-order valence-electron chi connectivity index (χ1n) is 9.76. The monoisotopic (exact) mass is 381 g/mol. The normalized spacial score (nSPS) is 24.4. The van der Waals surface area contributed by atoms with E-state index in [4.69, 9.17) is 0 Å². The molecule has 0 bridgehead atoms. The van der Waals surface area contributed by atoms with Crippen LogP contribution in [-0.2, 0) is 16.6 Å². The summed E-state index contributed by atoms with van der Waals surface area (Å²) in [5.41, 5.74) is 3.16. The fourth-order valence-electron chi connectivity index (χ4n) is 4.80. The van der Waals surface area contributed by atoms with Crippen LogP contribution in [0.5, 0.6) is 0 Å². The van der Waals surface area contributed by atoms with E-state index in [0.717, 1.165) is 19.6 Å². The summed E-state index contributed by atoms with van der Waals surface area (Å²) in [4.78, 5) is 28.9. The van der Waals surface area contributed by atoms with E-state index in [9.17, 15) is 9.59 Å². The Bertz CT molecular complexity index is 892. The van der Waals surface area contributed by atoms with E-state index in [1.165, 1.54) is 11.1 Å². The summed E-state index contributed by atoms with van der Waals surface area (Å²) in [7, 11) is 1.82. The maximum absolute atomic E-state index is 12.4. The number of hydrogen-bond donors (Lipinski definition) is 1. The summed E-state index contributed by atoms with van der Waals surface area (Å²) in [5.74, 6) is 0.864. The van der Waals surface area contributed by atoms with Gasteiger partial charge in [-0.05, 0) is 24.0 Å². The first kappa shape index (κ1) is 18.7. The minimum Gasteiger partial charge on any atom is -0.335 e. The van der Waals surface area contributed by atoms with Crippen LogP contribution < -0.4 is 5.32 Å². The Morgan fingerprint density at radius 1 is 1.21 bits per heavy atom. The largest absolute Gasteiger partial charge is 0.335 e. The second kappa shape index (κ2) is 7.39. The highest BCUT2D eigenvalue weighted by Crippen LogP contribution is 2.45. The second-order valence-electron chi connectivity index (χ2n) is 8.04. The van der Waals surface area contributed by atoms with Crippen LogP contribution in [0.15, 0.2) is 36.7 Å².